The van der Waals surface area contributed by atoms with E-state index in [0.29, 0.717) is 10.7 Å². The predicted molar refractivity (Wildman–Crippen MR) is 73.2 cm³/mol. The Morgan fingerprint density at radius 1 is 1.28 bits per heavy atom. The second-order valence-electron chi connectivity index (χ2n) is 4.37. The smallest absolute Gasteiger partial charge is 0.185 e. The number of Topliss-reactive ketones (excluding diaryl/α,β-unsaturated/α-hetero) is 1. The summed E-state index contributed by atoms with van der Waals surface area (Å²) in [4.78, 5) is 16.4. The normalized spacial score (nSPS) is 10.4. The van der Waals surface area contributed by atoms with Crippen LogP contribution >= 0.6 is 11.6 Å². The first-order valence-electron chi connectivity index (χ1n) is 5.78. The van der Waals surface area contributed by atoms with Crippen LogP contribution in [0.4, 0.5) is 0 Å². The number of nitrogens with zero attached hydrogens (tertiary/aromatic N) is 1. The number of hydrogen-bond donors (Lipinski definition) is 0. The van der Waals surface area contributed by atoms with Crippen molar-refractivity contribution in [2.45, 2.75) is 20.3 Å². The number of hydrogen-bond acceptors (Lipinski definition) is 2. The van der Waals surface area contributed by atoms with Crippen LogP contribution < -0.4 is 0 Å². The molecule has 0 unspecified atom stereocenters. The number of benzene rings is 1. The molecule has 1 heterocycles. The quantitative estimate of drug-likeness (QED) is 0.786. The van der Waals surface area contributed by atoms with Crippen molar-refractivity contribution in [3.63, 3.8) is 0 Å². The number of ketones is 1. The summed E-state index contributed by atoms with van der Waals surface area (Å²) >= 11 is 6.05. The molecule has 0 radical (unpaired) electrons. The molecule has 18 heavy (non-hydrogen) atoms. The molecule has 0 saturated carbocycles. The van der Waals surface area contributed by atoms with Crippen molar-refractivity contribution in [1.29, 1.82) is 0 Å². The van der Waals surface area contributed by atoms with Crippen LogP contribution in [0, 0.1) is 13.8 Å². The fourth-order valence-electron chi connectivity index (χ4n) is 1.91. The Hall–Kier alpha value is -1.67. The topological polar surface area (TPSA) is 30.0 Å². The molecule has 0 atom stereocenters. The van der Waals surface area contributed by atoms with Crippen LogP contribution in [-0.4, -0.2) is 10.8 Å². The molecule has 0 aliphatic rings. The van der Waals surface area contributed by atoms with Gasteiger partial charge < -0.3 is 0 Å². The van der Waals surface area contributed by atoms with Crippen LogP contribution in [-0.2, 0) is 6.42 Å². The summed E-state index contributed by atoms with van der Waals surface area (Å²) in [6.45, 7) is 3.86. The number of rotatable bonds is 3. The van der Waals surface area contributed by atoms with Crippen molar-refractivity contribution in [2.75, 3.05) is 0 Å². The summed E-state index contributed by atoms with van der Waals surface area (Å²) in [6, 6.07) is 9.35. The maximum atomic E-state index is 12.2. The van der Waals surface area contributed by atoms with Crippen LogP contribution in [0.25, 0.3) is 0 Å². The number of aromatic nitrogens is 1. The second kappa shape index (κ2) is 5.32. The van der Waals surface area contributed by atoms with Gasteiger partial charge in [0.15, 0.2) is 5.78 Å². The van der Waals surface area contributed by atoms with Crippen LogP contribution in [0.2, 0.25) is 5.02 Å². The van der Waals surface area contributed by atoms with E-state index in [9.17, 15) is 4.79 Å². The SMILES string of the molecule is Cc1cnc(C(=O)Cc2ccccc2Cl)c(C)c1. The van der Waals surface area contributed by atoms with Crippen LogP contribution in [0.5, 0.6) is 0 Å². The van der Waals surface area contributed by atoms with E-state index in [0.717, 1.165) is 16.7 Å². The molecule has 0 aliphatic carbocycles. The van der Waals surface area contributed by atoms with Gasteiger partial charge in [0.05, 0.1) is 0 Å². The third-order valence-electron chi connectivity index (χ3n) is 2.79. The molecule has 2 rings (SSSR count). The number of aryl methyl sites for hydroxylation is 2. The minimum Gasteiger partial charge on any atom is -0.292 e. The van der Waals surface area contributed by atoms with Gasteiger partial charge in [0.2, 0.25) is 0 Å². The van der Waals surface area contributed by atoms with E-state index in [4.69, 9.17) is 11.6 Å². The molecule has 0 fully saturated rings. The first-order valence-corrected chi connectivity index (χ1v) is 6.15. The van der Waals surface area contributed by atoms with Crippen molar-refractivity contribution in [3.8, 4) is 0 Å². The number of halogens is 1. The fourth-order valence-corrected chi connectivity index (χ4v) is 2.11. The van der Waals surface area contributed by atoms with Gasteiger partial charge in [-0.1, -0.05) is 35.9 Å². The third-order valence-corrected chi connectivity index (χ3v) is 3.16. The predicted octanol–water partition coefficient (Wildman–Crippen LogP) is 3.78. The molecule has 1 aromatic carbocycles. The molecular weight excluding hydrogens is 246 g/mol. The molecule has 0 aliphatic heterocycles. The van der Waals surface area contributed by atoms with E-state index in [1.165, 1.54) is 0 Å². The Balaban J connectivity index is 2.25. The molecule has 0 saturated heterocycles. The lowest BCUT2D eigenvalue weighted by Crippen LogP contribution is -2.08. The highest BCUT2D eigenvalue weighted by Crippen LogP contribution is 2.18. The number of carbonyl (C=O) groups is 1. The molecule has 2 nitrogen and oxygen atoms in total. The largest absolute Gasteiger partial charge is 0.292 e. The maximum absolute atomic E-state index is 12.2. The molecule has 0 bridgehead atoms. The molecular formula is C15H14ClNO. The van der Waals surface area contributed by atoms with Gasteiger partial charge in [-0.15, -0.1) is 0 Å². The van der Waals surface area contributed by atoms with E-state index in [1.807, 2.05) is 38.1 Å². The molecule has 0 amide bonds. The Labute approximate surface area is 112 Å². The summed E-state index contributed by atoms with van der Waals surface area (Å²) in [5.41, 5.74) is 3.33. The van der Waals surface area contributed by atoms with Crippen molar-refractivity contribution >= 4 is 17.4 Å². The van der Waals surface area contributed by atoms with E-state index in [-0.39, 0.29) is 12.2 Å². The van der Waals surface area contributed by atoms with E-state index < -0.39 is 0 Å². The highest BCUT2D eigenvalue weighted by molar-refractivity contribution is 6.31. The molecule has 2 aromatic rings. The van der Waals surface area contributed by atoms with Gasteiger partial charge in [0.25, 0.3) is 0 Å². The highest BCUT2D eigenvalue weighted by Gasteiger charge is 2.13. The lowest BCUT2D eigenvalue weighted by molar-refractivity contribution is 0.0987. The summed E-state index contributed by atoms with van der Waals surface area (Å²) in [5, 5.41) is 0.621. The lowest BCUT2D eigenvalue weighted by Gasteiger charge is -2.06. The highest BCUT2D eigenvalue weighted by atomic mass is 35.5. The van der Waals surface area contributed by atoms with Crippen molar-refractivity contribution in [2.24, 2.45) is 0 Å². The van der Waals surface area contributed by atoms with Gasteiger partial charge in [-0.3, -0.25) is 9.78 Å². The zero-order valence-electron chi connectivity index (χ0n) is 10.4. The minimum atomic E-state index is 0.000556. The van der Waals surface area contributed by atoms with Gasteiger partial charge in [-0.2, -0.15) is 0 Å². The first kappa shape index (κ1) is 12.8. The summed E-state index contributed by atoms with van der Waals surface area (Å²) in [5.74, 6) is 0.000556. The second-order valence-corrected chi connectivity index (χ2v) is 4.78. The van der Waals surface area contributed by atoms with Gasteiger partial charge in [0, 0.05) is 17.6 Å². The zero-order valence-corrected chi connectivity index (χ0v) is 11.2. The van der Waals surface area contributed by atoms with Crippen molar-refractivity contribution in [3.05, 3.63) is 63.9 Å². The maximum Gasteiger partial charge on any atom is 0.185 e. The first-order chi connectivity index (χ1) is 8.58. The number of pyridine rings is 1. The average molecular weight is 260 g/mol. The van der Waals surface area contributed by atoms with Gasteiger partial charge in [-0.25, -0.2) is 0 Å². The van der Waals surface area contributed by atoms with Crippen molar-refractivity contribution < 1.29 is 4.79 Å². The van der Waals surface area contributed by atoms with Crippen molar-refractivity contribution in [1.82, 2.24) is 4.98 Å². The van der Waals surface area contributed by atoms with E-state index in [2.05, 4.69) is 4.98 Å². The Morgan fingerprint density at radius 2 is 2.00 bits per heavy atom. The number of carbonyl (C=O) groups excluding carboxylic acids is 1. The molecule has 0 N–H and O–H groups in total. The van der Waals surface area contributed by atoms with Gasteiger partial charge in [0.1, 0.15) is 5.69 Å². The Morgan fingerprint density at radius 3 is 2.67 bits per heavy atom. The van der Waals surface area contributed by atoms with Crippen LogP contribution in [0.15, 0.2) is 36.5 Å². The van der Waals surface area contributed by atoms with Crippen LogP contribution in [0.1, 0.15) is 27.2 Å². The average Bonchev–Trinajstić information content (AvgIpc) is 2.32. The molecule has 1 aromatic heterocycles. The lowest BCUT2D eigenvalue weighted by atomic mass is 10.0. The Kier molecular flexibility index (Phi) is 3.78. The fraction of sp³-hybridized carbons (Fsp3) is 0.200. The minimum absolute atomic E-state index is 0.000556. The molecule has 92 valence electrons. The third kappa shape index (κ3) is 2.77. The summed E-state index contributed by atoms with van der Waals surface area (Å²) < 4.78 is 0. The zero-order chi connectivity index (χ0) is 13.1. The van der Waals surface area contributed by atoms with Gasteiger partial charge in [-0.05, 0) is 36.6 Å². The summed E-state index contributed by atoms with van der Waals surface area (Å²) in [6.07, 6.45) is 2.00. The monoisotopic (exact) mass is 259 g/mol. The van der Waals surface area contributed by atoms with E-state index >= 15 is 0 Å². The molecule has 3 heteroatoms. The van der Waals surface area contributed by atoms with Gasteiger partial charge >= 0.3 is 0 Å². The standard InChI is InChI=1S/C15H14ClNO/c1-10-7-11(2)15(17-9-10)14(18)8-12-5-3-4-6-13(12)16/h3-7,9H,8H2,1-2H3. The molecule has 0 spiro atoms. The Bertz CT molecular complexity index is 593. The van der Waals surface area contributed by atoms with E-state index in [1.54, 1.807) is 12.3 Å². The van der Waals surface area contributed by atoms with Crippen LogP contribution in [0.3, 0.4) is 0 Å². The summed E-state index contributed by atoms with van der Waals surface area (Å²) in [7, 11) is 0.